The maximum atomic E-state index is 13.4. The number of fused-ring (bicyclic) bond motifs is 1. The van der Waals surface area contributed by atoms with Gasteiger partial charge in [-0.2, -0.15) is 0 Å². The summed E-state index contributed by atoms with van der Waals surface area (Å²) in [6, 6.07) is 33.6. The van der Waals surface area contributed by atoms with Crippen LogP contribution in [0.5, 0.6) is 17.2 Å². The largest absolute Gasteiger partial charge is 0.508 e. The van der Waals surface area contributed by atoms with E-state index in [0.29, 0.717) is 56.1 Å². The summed E-state index contributed by atoms with van der Waals surface area (Å²) in [7, 11) is 0. The predicted octanol–water partition coefficient (Wildman–Crippen LogP) is 6.87. The Hall–Kier alpha value is -6.92. The van der Waals surface area contributed by atoms with E-state index >= 15 is 0 Å². The minimum Gasteiger partial charge on any atom is -0.508 e. The summed E-state index contributed by atoms with van der Waals surface area (Å²) in [6.07, 6.45) is 2.25. The van der Waals surface area contributed by atoms with E-state index in [4.69, 9.17) is 16.3 Å². The third-order valence-corrected chi connectivity index (χ3v) is 10.9. The Labute approximate surface area is 358 Å². The second-order valence-corrected chi connectivity index (χ2v) is 15.2. The van der Waals surface area contributed by atoms with E-state index in [9.17, 15) is 34.2 Å². The number of nitrogens with zero attached hydrogens (tertiary/aromatic N) is 1. The maximum Gasteiger partial charge on any atom is 0.264 e. The molecule has 312 valence electrons. The van der Waals surface area contributed by atoms with Gasteiger partial charge in [-0.15, -0.1) is 11.6 Å². The molecule has 2 aliphatic heterocycles. The molecule has 0 saturated carbocycles. The van der Waals surface area contributed by atoms with Crippen molar-refractivity contribution in [1.82, 2.24) is 15.5 Å². The van der Waals surface area contributed by atoms with Crippen LogP contribution < -0.4 is 20.7 Å². The highest BCUT2D eigenvalue weighted by Crippen LogP contribution is 2.37. The molecule has 0 radical (unpaired) electrons. The van der Waals surface area contributed by atoms with Gasteiger partial charge in [-0.05, 0) is 113 Å². The Balaban J connectivity index is 0.862. The molecule has 1 fully saturated rings. The highest BCUT2D eigenvalue weighted by atomic mass is 35.5. The number of aryl methyl sites for hydroxylation is 1. The van der Waals surface area contributed by atoms with Gasteiger partial charge in [0.2, 0.25) is 17.7 Å². The van der Waals surface area contributed by atoms with Crippen molar-refractivity contribution in [3.63, 3.8) is 0 Å². The van der Waals surface area contributed by atoms with Crippen molar-refractivity contribution < 1.29 is 38.9 Å². The van der Waals surface area contributed by atoms with Crippen molar-refractivity contribution >= 4 is 58.0 Å². The molecule has 0 aromatic heterocycles. The first kappa shape index (κ1) is 42.2. The molecule has 61 heavy (non-hydrogen) atoms. The summed E-state index contributed by atoms with van der Waals surface area (Å²) in [6.45, 7) is 1.11. The van der Waals surface area contributed by atoms with Crippen molar-refractivity contribution in [1.29, 1.82) is 0 Å². The highest BCUT2D eigenvalue weighted by Gasteiger charge is 2.45. The average Bonchev–Trinajstić information content (AvgIpc) is 3.52. The van der Waals surface area contributed by atoms with Gasteiger partial charge in [-0.3, -0.25) is 34.2 Å². The van der Waals surface area contributed by atoms with Crippen LogP contribution in [0.3, 0.4) is 0 Å². The SMILES string of the molecule is O=C(CCc1ccc(CCNc2cccc3c2C(=O)N(C2CCC(=O)NC2=O)C3=O)cc1)NCCOc1ccc(C(=C(CCCl)c2ccc(O)cc2)c2ccc(O)cc2)cc1. The minimum atomic E-state index is -1.02. The summed E-state index contributed by atoms with van der Waals surface area (Å²) in [5.41, 5.74) is 7.72. The van der Waals surface area contributed by atoms with Gasteiger partial charge in [0.1, 0.15) is 29.9 Å². The zero-order valence-electron chi connectivity index (χ0n) is 33.3. The predicted molar refractivity (Wildman–Crippen MR) is 232 cm³/mol. The van der Waals surface area contributed by atoms with E-state index in [1.54, 1.807) is 42.5 Å². The molecule has 1 unspecified atom stereocenters. The number of carbonyl (C=O) groups excluding carboxylic acids is 5. The number of rotatable bonds is 17. The number of anilines is 1. The van der Waals surface area contributed by atoms with Gasteiger partial charge >= 0.3 is 0 Å². The number of allylic oxidation sites excluding steroid dienone is 1. The fourth-order valence-corrected chi connectivity index (χ4v) is 7.80. The van der Waals surface area contributed by atoms with E-state index in [1.165, 1.54) is 0 Å². The topological polar surface area (TPSA) is 174 Å². The molecule has 5 N–H and O–H groups in total. The van der Waals surface area contributed by atoms with Crippen LogP contribution in [0.25, 0.3) is 11.1 Å². The van der Waals surface area contributed by atoms with Crippen LogP contribution >= 0.6 is 11.6 Å². The first-order valence-electron chi connectivity index (χ1n) is 20.1. The highest BCUT2D eigenvalue weighted by molar-refractivity contribution is 6.25. The number of amides is 5. The molecule has 2 aliphatic rings. The number of carbonyl (C=O) groups is 5. The number of ether oxygens (including phenoxy) is 1. The molecule has 12 nitrogen and oxygen atoms in total. The molecule has 0 aliphatic carbocycles. The quantitative estimate of drug-likeness (QED) is 0.0290. The van der Waals surface area contributed by atoms with Crippen LogP contribution in [0.2, 0.25) is 0 Å². The summed E-state index contributed by atoms with van der Waals surface area (Å²) in [5.74, 6) is -0.879. The number of phenolic OH excluding ortho intramolecular Hbond substituents is 2. The monoisotopic (exact) mass is 840 g/mol. The molecule has 5 amide bonds. The molecule has 5 aromatic carbocycles. The number of benzene rings is 5. The van der Waals surface area contributed by atoms with E-state index < -0.39 is 29.7 Å². The molecule has 1 saturated heterocycles. The number of alkyl halides is 1. The van der Waals surface area contributed by atoms with Crippen molar-refractivity contribution in [3.8, 4) is 17.2 Å². The van der Waals surface area contributed by atoms with Gasteiger partial charge < -0.3 is 25.6 Å². The zero-order valence-corrected chi connectivity index (χ0v) is 34.0. The third-order valence-electron chi connectivity index (χ3n) is 10.7. The van der Waals surface area contributed by atoms with Crippen LogP contribution in [0, 0.1) is 0 Å². The van der Waals surface area contributed by atoms with Crippen molar-refractivity contribution in [2.24, 2.45) is 0 Å². The molecule has 0 spiro atoms. The van der Waals surface area contributed by atoms with Crippen LogP contribution in [0.1, 0.15) is 74.2 Å². The molecular formula is C48H45ClN4O8. The van der Waals surface area contributed by atoms with Gasteiger partial charge in [0.25, 0.3) is 11.8 Å². The number of imide groups is 2. The normalized spacial score (nSPS) is 15.2. The number of piperidine rings is 1. The third kappa shape index (κ3) is 10.1. The fraction of sp³-hybridized carbons (Fsp3) is 0.229. The van der Waals surface area contributed by atoms with Crippen LogP contribution in [0.4, 0.5) is 5.69 Å². The smallest absolute Gasteiger partial charge is 0.264 e. The number of halogens is 1. The van der Waals surface area contributed by atoms with Crippen molar-refractivity contribution in [3.05, 3.63) is 154 Å². The first-order chi connectivity index (χ1) is 29.6. The molecule has 0 bridgehead atoms. The van der Waals surface area contributed by atoms with E-state index in [1.807, 2.05) is 72.8 Å². The lowest BCUT2D eigenvalue weighted by atomic mass is 9.88. The molecular weight excluding hydrogens is 796 g/mol. The van der Waals surface area contributed by atoms with Gasteiger partial charge in [-0.25, -0.2) is 0 Å². The Morgan fingerprint density at radius 3 is 2.00 bits per heavy atom. The lowest BCUT2D eigenvalue weighted by molar-refractivity contribution is -0.136. The lowest BCUT2D eigenvalue weighted by Gasteiger charge is -2.27. The minimum absolute atomic E-state index is 0.0574. The molecule has 7 rings (SSSR count). The van der Waals surface area contributed by atoms with E-state index in [0.717, 1.165) is 43.9 Å². The van der Waals surface area contributed by atoms with Gasteiger partial charge in [0.15, 0.2) is 0 Å². The lowest BCUT2D eigenvalue weighted by Crippen LogP contribution is -2.54. The summed E-state index contributed by atoms with van der Waals surface area (Å²) in [5, 5.41) is 28.2. The fourth-order valence-electron chi connectivity index (χ4n) is 7.61. The number of aromatic hydroxyl groups is 2. The Morgan fingerprint density at radius 2 is 1.36 bits per heavy atom. The summed E-state index contributed by atoms with van der Waals surface area (Å²) >= 11 is 6.27. The number of hydrogen-bond acceptors (Lipinski definition) is 9. The van der Waals surface area contributed by atoms with Crippen LogP contribution in [0.15, 0.2) is 115 Å². The first-order valence-corrected chi connectivity index (χ1v) is 20.7. The second kappa shape index (κ2) is 19.4. The van der Waals surface area contributed by atoms with Gasteiger partial charge in [0.05, 0.1) is 17.7 Å². The summed E-state index contributed by atoms with van der Waals surface area (Å²) in [4.78, 5) is 64.2. The maximum absolute atomic E-state index is 13.4. The van der Waals surface area contributed by atoms with E-state index in [2.05, 4.69) is 16.0 Å². The number of phenols is 2. The van der Waals surface area contributed by atoms with Crippen LogP contribution in [-0.2, 0) is 27.2 Å². The van der Waals surface area contributed by atoms with Crippen LogP contribution in [-0.4, -0.2) is 76.3 Å². The van der Waals surface area contributed by atoms with Crippen molar-refractivity contribution in [2.75, 3.05) is 30.9 Å². The molecule has 1 atom stereocenters. The van der Waals surface area contributed by atoms with Gasteiger partial charge in [0, 0.05) is 31.0 Å². The second-order valence-electron chi connectivity index (χ2n) is 14.8. The number of nitrogens with one attached hydrogen (secondary N) is 3. The molecule has 5 aromatic rings. The Kier molecular flexibility index (Phi) is 13.4. The Bertz CT molecular complexity index is 2450. The molecule has 2 heterocycles. The van der Waals surface area contributed by atoms with Gasteiger partial charge in [-0.1, -0.05) is 66.7 Å². The standard InChI is InChI=1S/C48H45ClN4O8/c49-26-24-38(32-9-15-35(54)16-10-32)44(33-11-17-36(55)18-12-33)34-13-19-37(20-14-34)61-29-28-51-42(56)22-8-30-4-6-31(7-5-30)25-27-50-40-3-1-2-39-45(40)48(60)53(47(39)59)41-21-23-43(57)52-46(41)58/h1-7,9-20,41,50,54-55H,8,21-29H2,(H,51,56)(H,52,57,58). The number of hydrogen-bond donors (Lipinski definition) is 5. The molecule has 13 heteroatoms. The Morgan fingerprint density at radius 1 is 0.738 bits per heavy atom. The average molecular weight is 841 g/mol. The summed E-state index contributed by atoms with van der Waals surface area (Å²) < 4.78 is 5.95. The van der Waals surface area contributed by atoms with E-state index in [-0.39, 0.29) is 48.0 Å². The van der Waals surface area contributed by atoms with Crippen molar-refractivity contribution in [2.45, 2.75) is 44.6 Å². The zero-order chi connectivity index (χ0) is 42.9.